The Labute approximate surface area is 190 Å². The zero-order valence-electron chi connectivity index (χ0n) is 19.2. The molecule has 1 aliphatic rings. The first-order valence-electron chi connectivity index (χ1n) is 11.7. The molecule has 1 aromatic carbocycles. The van der Waals surface area contributed by atoms with Crippen LogP contribution < -0.4 is 0 Å². The van der Waals surface area contributed by atoms with Crippen LogP contribution in [0.5, 0.6) is 0 Å². The largest absolute Gasteiger partial charge is 0.341 e. The van der Waals surface area contributed by atoms with Crippen molar-refractivity contribution in [3.05, 3.63) is 72.6 Å². The van der Waals surface area contributed by atoms with Gasteiger partial charge < -0.3 is 9.47 Å². The quantitative estimate of drug-likeness (QED) is 0.543. The van der Waals surface area contributed by atoms with Crippen LogP contribution in [0, 0.1) is 5.92 Å². The number of carbonyl (C=O) groups excluding carboxylic acids is 1. The van der Waals surface area contributed by atoms with Crippen molar-refractivity contribution in [2.75, 3.05) is 26.2 Å². The predicted molar refractivity (Wildman–Crippen MR) is 127 cm³/mol. The van der Waals surface area contributed by atoms with Gasteiger partial charge in [0.25, 0.3) is 0 Å². The van der Waals surface area contributed by atoms with Gasteiger partial charge in [-0.1, -0.05) is 31.2 Å². The summed E-state index contributed by atoms with van der Waals surface area (Å²) in [5.74, 6) is 1.27. The lowest BCUT2D eigenvalue weighted by Gasteiger charge is -2.24. The molecule has 0 radical (unpaired) electrons. The summed E-state index contributed by atoms with van der Waals surface area (Å²) in [6.45, 7) is 9.19. The molecule has 6 nitrogen and oxygen atoms in total. The lowest BCUT2D eigenvalue weighted by molar-refractivity contribution is -0.134. The van der Waals surface area contributed by atoms with Gasteiger partial charge in [-0.25, -0.2) is 4.98 Å². The molecule has 1 amide bonds. The molecule has 0 N–H and O–H groups in total. The monoisotopic (exact) mass is 431 g/mol. The van der Waals surface area contributed by atoms with Gasteiger partial charge in [0.2, 0.25) is 5.91 Å². The van der Waals surface area contributed by atoms with Gasteiger partial charge >= 0.3 is 0 Å². The molecule has 1 aliphatic heterocycles. The van der Waals surface area contributed by atoms with E-state index in [4.69, 9.17) is 0 Å². The highest BCUT2D eigenvalue weighted by molar-refractivity contribution is 5.80. The number of imidazole rings is 1. The lowest BCUT2D eigenvalue weighted by atomic mass is 9.91. The second kappa shape index (κ2) is 10.6. The van der Waals surface area contributed by atoms with Gasteiger partial charge in [-0.15, -0.1) is 0 Å². The van der Waals surface area contributed by atoms with E-state index in [1.54, 1.807) is 0 Å². The van der Waals surface area contributed by atoms with Crippen LogP contribution in [0.3, 0.4) is 0 Å². The van der Waals surface area contributed by atoms with Crippen LogP contribution in [0.1, 0.15) is 31.7 Å². The summed E-state index contributed by atoms with van der Waals surface area (Å²) < 4.78 is 2.18. The number of rotatable bonds is 8. The maximum Gasteiger partial charge on any atom is 0.227 e. The van der Waals surface area contributed by atoms with Crippen molar-refractivity contribution in [1.29, 1.82) is 0 Å². The zero-order chi connectivity index (χ0) is 22.3. The number of aryl methyl sites for hydroxylation is 1. The smallest absolute Gasteiger partial charge is 0.227 e. The van der Waals surface area contributed by atoms with Gasteiger partial charge in [-0.3, -0.25) is 14.7 Å². The Morgan fingerprint density at radius 2 is 1.84 bits per heavy atom. The van der Waals surface area contributed by atoms with Crippen molar-refractivity contribution in [3.8, 4) is 11.1 Å². The van der Waals surface area contributed by atoms with Gasteiger partial charge in [0.1, 0.15) is 5.82 Å². The molecule has 168 valence electrons. The van der Waals surface area contributed by atoms with Crippen molar-refractivity contribution >= 4 is 5.91 Å². The first-order chi connectivity index (χ1) is 15.7. The third-order valence-electron chi connectivity index (χ3n) is 6.30. The third kappa shape index (κ3) is 5.07. The van der Waals surface area contributed by atoms with E-state index in [9.17, 15) is 4.79 Å². The summed E-state index contributed by atoms with van der Waals surface area (Å²) in [5, 5.41) is 0. The average molecular weight is 432 g/mol. The van der Waals surface area contributed by atoms with E-state index in [-0.39, 0.29) is 11.8 Å². The molecule has 0 aliphatic carbocycles. The van der Waals surface area contributed by atoms with Crippen LogP contribution in [0.25, 0.3) is 11.1 Å². The Morgan fingerprint density at radius 3 is 2.62 bits per heavy atom. The number of benzene rings is 1. The summed E-state index contributed by atoms with van der Waals surface area (Å²) in [6, 6.07) is 12.5. The molecular weight excluding hydrogens is 398 g/mol. The molecule has 0 spiro atoms. The van der Waals surface area contributed by atoms with Gasteiger partial charge in [0.15, 0.2) is 0 Å². The second-order valence-electron chi connectivity index (χ2n) is 8.48. The Balaban J connectivity index is 1.59. The Kier molecular flexibility index (Phi) is 7.32. The highest BCUT2D eigenvalue weighted by Crippen LogP contribution is 2.27. The summed E-state index contributed by atoms with van der Waals surface area (Å²) in [5.41, 5.74) is 3.54. The van der Waals surface area contributed by atoms with Crippen LogP contribution >= 0.6 is 0 Å². The minimum Gasteiger partial charge on any atom is -0.341 e. The van der Waals surface area contributed by atoms with E-state index < -0.39 is 0 Å². The van der Waals surface area contributed by atoms with Crippen molar-refractivity contribution in [1.82, 2.24) is 24.3 Å². The van der Waals surface area contributed by atoms with Gasteiger partial charge in [0, 0.05) is 57.5 Å². The predicted octanol–water partition coefficient (Wildman–Crippen LogP) is 3.88. The van der Waals surface area contributed by atoms with Crippen LogP contribution in [0.15, 0.2) is 61.2 Å². The molecule has 1 saturated heterocycles. The average Bonchev–Trinajstić information content (AvgIpc) is 3.23. The summed E-state index contributed by atoms with van der Waals surface area (Å²) in [4.78, 5) is 26.7. The highest BCUT2D eigenvalue weighted by Gasteiger charge is 2.31. The topological polar surface area (TPSA) is 54.3 Å². The van der Waals surface area contributed by atoms with Crippen LogP contribution in [0.4, 0.5) is 0 Å². The minimum atomic E-state index is -0.0722. The molecule has 2 aromatic heterocycles. The first-order valence-corrected chi connectivity index (χ1v) is 11.7. The van der Waals surface area contributed by atoms with Crippen molar-refractivity contribution in [2.45, 2.75) is 39.8 Å². The molecular formula is C26H33N5O. The van der Waals surface area contributed by atoms with Gasteiger partial charge in [-0.2, -0.15) is 0 Å². The van der Waals surface area contributed by atoms with E-state index in [0.717, 1.165) is 63.5 Å². The zero-order valence-corrected chi connectivity index (χ0v) is 19.2. The Hall–Kier alpha value is -2.99. The number of aromatic nitrogens is 3. The molecule has 0 unspecified atom stereocenters. The molecule has 6 heteroatoms. The molecule has 3 heterocycles. The molecule has 3 aromatic rings. The molecule has 32 heavy (non-hydrogen) atoms. The third-order valence-corrected chi connectivity index (χ3v) is 6.30. The normalized spacial score (nSPS) is 17.5. The fraction of sp³-hybridized carbons (Fsp3) is 0.423. The number of hydrogen-bond donors (Lipinski definition) is 0. The van der Waals surface area contributed by atoms with Crippen LogP contribution in [0.2, 0.25) is 0 Å². The van der Waals surface area contributed by atoms with E-state index in [2.05, 4.69) is 62.4 Å². The summed E-state index contributed by atoms with van der Waals surface area (Å²) in [7, 11) is 0. The van der Waals surface area contributed by atoms with Crippen molar-refractivity contribution in [3.63, 3.8) is 0 Å². The maximum absolute atomic E-state index is 13.5. The molecule has 1 fully saturated rings. The Morgan fingerprint density at radius 1 is 1.03 bits per heavy atom. The number of amides is 1. The standard InChI is InChI=1S/C26H33N5O/c1-3-14-31-17-16-29(20-25-28-13-15-30(25)4-2)19-23(26(31)32)18-22-7-5-6-8-24(22)21-9-11-27-12-10-21/h5-13,15,23H,3-4,14,16-20H2,1-2H3/t23-/m1/s1. The van der Waals surface area contributed by atoms with Crippen molar-refractivity contribution < 1.29 is 4.79 Å². The lowest BCUT2D eigenvalue weighted by Crippen LogP contribution is -2.38. The number of hydrogen-bond acceptors (Lipinski definition) is 4. The van der Waals surface area contributed by atoms with Crippen LogP contribution in [-0.2, 0) is 24.3 Å². The fourth-order valence-electron chi connectivity index (χ4n) is 4.66. The maximum atomic E-state index is 13.5. The fourth-order valence-corrected chi connectivity index (χ4v) is 4.66. The number of nitrogens with zero attached hydrogens (tertiary/aromatic N) is 5. The van der Waals surface area contributed by atoms with Crippen LogP contribution in [-0.4, -0.2) is 56.4 Å². The number of carbonyl (C=O) groups is 1. The molecule has 1 atom stereocenters. The van der Waals surface area contributed by atoms with Crippen molar-refractivity contribution in [2.24, 2.45) is 5.92 Å². The van der Waals surface area contributed by atoms with E-state index in [1.165, 1.54) is 11.1 Å². The van der Waals surface area contributed by atoms with Gasteiger partial charge in [0.05, 0.1) is 12.5 Å². The molecule has 0 saturated carbocycles. The van der Waals surface area contributed by atoms with E-state index in [1.807, 2.05) is 36.9 Å². The summed E-state index contributed by atoms with van der Waals surface area (Å²) >= 11 is 0. The van der Waals surface area contributed by atoms with E-state index in [0.29, 0.717) is 0 Å². The number of pyridine rings is 1. The highest BCUT2D eigenvalue weighted by atomic mass is 16.2. The van der Waals surface area contributed by atoms with E-state index >= 15 is 0 Å². The van der Waals surface area contributed by atoms with Gasteiger partial charge in [-0.05, 0) is 48.6 Å². The minimum absolute atomic E-state index is 0.0722. The second-order valence-corrected chi connectivity index (χ2v) is 8.48. The SMILES string of the molecule is CCCN1CCN(Cc2nccn2CC)C[C@@H](Cc2ccccc2-c2ccncc2)C1=O. The molecule has 4 rings (SSSR count). The Bertz CT molecular complexity index is 1020. The first kappa shape index (κ1) is 22.2. The molecule has 0 bridgehead atoms. The summed E-state index contributed by atoms with van der Waals surface area (Å²) in [6.07, 6.45) is 9.26.